The number of hydrogen-bond acceptors (Lipinski definition) is 0. The lowest BCUT2D eigenvalue weighted by atomic mass is 9.52. The number of aromatic nitrogens is 1. The molecule has 1 aromatic heterocycles. The van der Waals surface area contributed by atoms with E-state index in [0.717, 1.165) is 0 Å². The molecule has 3 aliphatic rings. The minimum absolute atomic E-state index is 0.440. The summed E-state index contributed by atoms with van der Waals surface area (Å²) in [5, 5.41) is 2.57. The van der Waals surface area contributed by atoms with Crippen LogP contribution in [0.5, 0.6) is 0 Å². The molecule has 1 nitrogen and oxygen atoms in total. The first-order chi connectivity index (χ1) is 25.7. The van der Waals surface area contributed by atoms with Crippen molar-refractivity contribution in [2.75, 3.05) is 0 Å². The lowest BCUT2D eigenvalue weighted by molar-refractivity contribution is 0.633. The van der Waals surface area contributed by atoms with Crippen molar-refractivity contribution in [2.24, 2.45) is 0 Å². The molecule has 9 aromatic rings. The maximum atomic E-state index is 2.55. The molecule has 0 radical (unpaired) electrons. The van der Waals surface area contributed by atoms with Crippen molar-refractivity contribution in [1.82, 2.24) is 4.57 Å². The highest BCUT2D eigenvalue weighted by Crippen LogP contribution is 2.67. The van der Waals surface area contributed by atoms with Gasteiger partial charge in [-0.3, -0.25) is 0 Å². The zero-order chi connectivity index (χ0) is 34.2. The predicted octanol–water partition coefficient (Wildman–Crippen LogP) is 12.1. The molecule has 1 heteroatoms. The summed E-state index contributed by atoms with van der Waals surface area (Å²) in [6.07, 6.45) is 0. The van der Waals surface area contributed by atoms with Gasteiger partial charge >= 0.3 is 0 Å². The molecule has 0 saturated heterocycles. The SMILES string of the molecule is Cc1ccc(-n2c3ccccc3c3cc4c(cc32)C2(c3ccccc3-4)c3ccccc3C3(c4ccccc4-c4ccccc43)c3ccccc32)cc1. The quantitative estimate of drug-likeness (QED) is 0.165. The Morgan fingerprint density at radius 3 is 1.29 bits per heavy atom. The Labute approximate surface area is 303 Å². The van der Waals surface area contributed by atoms with Gasteiger partial charge in [0.25, 0.3) is 0 Å². The standard InChI is InChI=1S/C51H33N/c1-32-26-28-33(29-27-32)52-48-25-13-5-17-37(48)39-30-38-36-16-4-8-20-42(36)51(47(38)31-49(39)52)45-23-11-9-21-43(45)50(44-22-10-12-24-46(44)51)40-18-6-2-14-34(40)35-15-3-7-19-41(35)50/h2-31H,1H3. The molecule has 0 bridgehead atoms. The van der Waals surface area contributed by atoms with E-state index in [1.807, 2.05) is 0 Å². The first-order valence-corrected chi connectivity index (χ1v) is 18.4. The van der Waals surface area contributed by atoms with Crippen LogP contribution in [0.2, 0.25) is 0 Å². The fraction of sp³-hybridized carbons (Fsp3) is 0.0588. The summed E-state index contributed by atoms with van der Waals surface area (Å²) < 4.78 is 2.48. The number of benzene rings is 8. The summed E-state index contributed by atoms with van der Waals surface area (Å²) in [5.74, 6) is 0. The third-order valence-electron chi connectivity index (χ3n) is 12.6. The number of hydrogen-bond donors (Lipinski definition) is 0. The lowest BCUT2D eigenvalue weighted by Gasteiger charge is -2.48. The maximum absolute atomic E-state index is 2.55. The number of rotatable bonds is 1. The molecule has 242 valence electrons. The van der Waals surface area contributed by atoms with Gasteiger partial charge in [0.15, 0.2) is 0 Å². The fourth-order valence-electron chi connectivity index (χ4n) is 10.7. The normalized spacial score (nSPS) is 14.9. The topological polar surface area (TPSA) is 4.93 Å². The Morgan fingerprint density at radius 2 is 0.750 bits per heavy atom. The van der Waals surface area contributed by atoms with Gasteiger partial charge in [0.1, 0.15) is 0 Å². The van der Waals surface area contributed by atoms with Crippen LogP contribution in [0.1, 0.15) is 50.1 Å². The first kappa shape index (κ1) is 28.3. The number of nitrogens with zero attached hydrogens (tertiary/aromatic N) is 1. The molecule has 12 rings (SSSR count). The maximum Gasteiger partial charge on any atom is 0.0720 e. The van der Waals surface area contributed by atoms with Crippen LogP contribution in [-0.4, -0.2) is 4.57 Å². The molecular weight excluding hydrogens is 627 g/mol. The van der Waals surface area contributed by atoms with Gasteiger partial charge in [-0.1, -0.05) is 157 Å². The average molecular weight is 660 g/mol. The Bertz CT molecular complexity index is 2880. The van der Waals surface area contributed by atoms with E-state index >= 15 is 0 Å². The largest absolute Gasteiger partial charge is 0.309 e. The predicted molar refractivity (Wildman–Crippen MR) is 214 cm³/mol. The van der Waals surface area contributed by atoms with Gasteiger partial charge in [-0.25, -0.2) is 0 Å². The van der Waals surface area contributed by atoms with Crippen LogP contribution in [0.25, 0.3) is 49.7 Å². The summed E-state index contributed by atoms with van der Waals surface area (Å²) >= 11 is 0. The van der Waals surface area contributed by atoms with E-state index in [1.165, 1.54) is 99.8 Å². The van der Waals surface area contributed by atoms with Crippen molar-refractivity contribution in [3.8, 4) is 27.9 Å². The number of fused-ring (bicyclic) bond motifs is 19. The van der Waals surface area contributed by atoms with E-state index in [4.69, 9.17) is 0 Å². The second-order valence-electron chi connectivity index (χ2n) is 14.8. The third kappa shape index (κ3) is 3.18. The van der Waals surface area contributed by atoms with Crippen molar-refractivity contribution < 1.29 is 0 Å². The molecule has 0 unspecified atom stereocenters. The molecule has 2 spiro atoms. The second-order valence-corrected chi connectivity index (χ2v) is 14.8. The van der Waals surface area contributed by atoms with Crippen LogP contribution in [0.4, 0.5) is 0 Å². The van der Waals surface area contributed by atoms with Crippen LogP contribution in [0.3, 0.4) is 0 Å². The van der Waals surface area contributed by atoms with Crippen LogP contribution in [0.15, 0.2) is 182 Å². The van der Waals surface area contributed by atoms with E-state index in [1.54, 1.807) is 0 Å². The van der Waals surface area contributed by atoms with Crippen molar-refractivity contribution in [3.05, 3.63) is 232 Å². The summed E-state index contributed by atoms with van der Waals surface area (Å²) in [6, 6.07) is 69.1. The van der Waals surface area contributed by atoms with Gasteiger partial charge < -0.3 is 4.57 Å². The smallest absolute Gasteiger partial charge is 0.0720 e. The van der Waals surface area contributed by atoms with Gasteiger partial charge in [0.2, 0.25) is 0 Å². The second kappa shape index (κ2) is 9.87. The van der Waals surface area contributed by atoms with Crippen LogP contribution < -0.4 is 0 Å². The zero-order valence-corrected chi connectivity index (χ0v) is 28.8. The highest BCUT2D eigenvalue weighted by Gasteiger charge is 2.58. The van der Waals surface area contributed by atoms with Gasteiger partial charge in [-0.2, -0.15) is 0 Å². The van der Waals surface area contributed by atoms with Crippen LogP contribution in [-0.2, 0) is 10.8 Å². The van der Waals surface area contributed by atoms with Gasteiger partial charge in [0, 0.05) is 16.5 Å². The molecular formula is C51H33N. The molecule has 52 heavy (non-hydrogen) atoms. The van der Waals surface area contributed by atoms with Crippen LogP contribution >= 0.6 is 0 Å². The van der Waals surface area contributed by atoms with E-state index < -0.39 is 10.8 Å². The van der Waals surface area contributed by atoms with E-state index in [2.05, 4.69) is 193 Å². The average Bonchev–Trinajstić information content (AvgIpc) is 3.80. The van der Waals surface area contributed by atoms with Gasteiger partial charge in [-0.05, 0) is 104 Å². The van der Waals surface area contributed by atoms with Gasteiger partial charge in [-0.15, -0.1) is 0 Å². The minimum atomic E-state index is -0.514. The molecule has 0 fully saturated rings. The molecule has 8 aromatic carbocycles. The van der Waals surface area contributed by atoms with Crippen molar-refractivity contribution in [1.29, 1.82) is 0 Å². The molecule has 1 heterocycles. The van der Waals surface area contributed by atoms with Crippen molar-refractivity contribution in [2.45, 2.75) is 17.8 Å². The van der Waals surface area contributed by atoms with E-state index in [0.29, 0.717) is 0 Å². The monoisotopic (exact) mass is 659 g/mol. The summed E-state index contributed by atoms with van der Waals surface area (Å²) in [7, 11) is 0. The molecule has 3 aliphatic carbocycles. The summed E-state index contributed by atoms with van der Waals surface area (Å²) in [4.78, 5) is 0. The summed E-state index contributed by atoms with van der Waals surface area (Å²) in [5.41, 5.74) is 20.2. The van der Waals surface area contributed by atoms with Crippen LogP contribution in [0, 0.1) is 6.92 Å². The molecule has 0 amide bonds. The third-order valence-corrected chi connectivity index (χ3v) is 12.6. The fourth-order valence-corrected chi connectivity index (χ4v) is 10.7. The van der Waals surface area contributed by atoms with Crippen molar-refractivity contribution >= 4 is 21.8 Å². The highest BCUT2D eigenvalue weighted by molar-refractivity contribution is 6.12. The Hall–Kier alpha value is -6.44. The lowest BCUT2D eigenvalue weighted by Crippen LogP contribution is -2.43. The summed E-state index contributed by atoms with van der Waals surface area (Å²) in [6.45, 7) is 2.16. The molecule has 0 N–H and O–H groups in total. The zero-order valence-electron chi connectivity index (χ0n) is 28.8. The Morgan fingerprint density at radius 1 is 0.327 bits per heavy atom. The molecule has 0 aliphatic heterocycles. The minimum Gasteiger partial charge on any atom is -0.309 e. The number of para-hydroxylation sites is 1. The van der Waals surface area contributed by atoms with Gasteiger partial charge in [0.05, 0.1) is 21.9 Å². The number of aryl methyl sites for hydroxylation is 1. The molecule has 0 atom stereocenters. The molecule has 0 saturated carbocycles. The van der Waals surface area contributed by atoms with E-state index in [-0.39, 0.29) is 0 Å². The Balaban J connectivity index is 1.27. The first-order valence-electron chi connectivity index (χ1n) is 18.4. The van der Waals surface area contributed by atoms with Crippen molar-refractivity contribution in [3.63, 3.8) is 0 Å². The Kier molecular flexibility index (Phi) is 5.37. The van der Waals surface area contributed by atoms with E-state index in [9.17, 15) is 0 Å². The highest BCUT2D eigenvalue weighted by atomic mass is 15.0.